The van der Waals surface area contributed by atoms with Gasteiger partial charge in [-0.2, -0.15) is 0 Å². The van der Waals surface area contributed by atoms with E-state index in [9.17, 15) is 4.79 Å². The van der Waals surface area contributed by atoms with Crippen molar-refractivity contribution < 1.29 is 26.5 Å². The first-order chi connectivity index (χ1) is 10.3. The minimum atomic E-state index is 0. The van der Waals surface area contributed by atoms with E-state index in [1.807, 2.05) is 12.0 Å². The number of amides is 1. The molecule has 0 aromatic heterocycles. The van der Waals surface area contributed by atoms with Crippen LogP contribution in [0.2, 0.25) is 0 Å². The fraction of sp³-hybridized carbons (Fsp3) is 0.833. The standard InChI is InChI=1S/C18H30NO2S.BrH/c1-17(2)13-8-9-18(17,3)16(21-4)15(13)22(5)12-14(20)19-10-6-7-11-19;/h6-7,13,15-16H,8-12H2,1-5H3;1H/q+1;/p-1/t13-,15-,16-,18+,22?;/m1./s1. The Hall–Kier alpha value is -0.0000000000000000555. The van der Waals surface area contributed by atoms with Gasteiger partial charge in [0.15, 0.2) is 5.75 Å². The Morgan fingerprint density at radius 3 is 2.48 bits per heavy atom. The number of fused-ring (bicyclic) bond motifs is 2. The smallest absolute Gasteiger partial charge is 0.273 e. The number of carbonyl (C=O) groups is 1. The van der Waals surface area contributed by atoms with Crippen LogP contribution in [-0.4, -0.2) is 54.4 Å². The molecule has 1 aliphatic heterocycles. The summed E-state index contributed by atoms with van der Waals surface area (Å²) in [5, 5.41) is 0.540. The molecule has 3 aliphatic rings. The Kier molecular flexibility index (Phi) is 5.65. The zero-order chi connectivity index (χ0) is 16.1. The molecule has 3 rings (SSSR count). The van der Waals surface area contributed by atoms with E-state index >= 15 is 0 Å². The number of rotatable bonds is 4. The molecular weight excluding hydrogens is 374 g/mol. The molecule has 1 unspecified atom stereocenters. The van der Waals surface area contributed by atoms with Crippen molar-refractivity contribution in [3.8, 4) is 0 Å². The quantitative estimate of drug-likeness (QED) is 0.466. The average molecular weight is 404 g/mol. The maximum atomic E-state index is 12.5. The minimum absolute atomic E-state index is 0. The summed E-state index contributed by atoms with van der Waals surface area (Å²) in [5.74, 6) is 1.70. The van der Waals surface area contributed by atoms with Gasteiger partial charge in [0.05, 0.1) is 6.26 Å². The highest BCUT2D eigenvalue weighted by atomic mass is 79.9. The lowest BCUT2D eigenvalue weighted by molar-refractivity contribution is -0.127. The van der Waals surface area contributed by atoms with Gasteiger partial charge in [-0.15, -0.1) is 0 Å². The van der Waals surface area contributed by atoms with Crippen molar-refractivity contribution in [3.63, 3.8) is 0 Å². The normalized spacial score (nSPS) is 38.7. The lowest BCUT2D eigenvalue weighted by Crippen LogP contribution is -3.00. The Morgan fingerprint density at radius 1 is 1.30 bits per heavy atom. The Morgan fingerprint density at radius 2 is 1.91 bits per heavy atom. The van der Waals surface area contributed by atoms with Crippen molar-refractivity contribution in [1.82, 2.24) is 4.90 Å². The van der Waals surface area contributed by atoms with Gasteiger partial charge in [-0.3, -0.25) is 4.79 Å². The highest BCUT2D eigenvalue weighted by Gasteiger charge is 2.70. The molecule has 0 N–H and O–H groups in total. The Labute approximate surface area is 154 Å². The minimum Gasteiger partial charge on any atom is -1.00 e. The summed E-state index contributed by atoms with van der Waals surface area (Å²) in [6.07, 6.45) is 9.33. The molecule has 2 aliphatic carbocycles. The molecule has 0 spiro atoms. The van der Waals surface area contributed by atoms with E-state index in [0.29, 0.717) is 34.3 Å². The zero-order valence-electron chi connectivity index (χ0n) is 15.0. The predicted molar refractivity (Wildman–Crippen MR) is 93.1 cm³/mol. The number of methoxy groups -OCH3 is 1. The molecule has 0 aromatic rings. The summed E-state index contributed by atoms with van der Waals surface area (Å²) in [7, 11) is 1.95. The summed E-state index contributed by atoms with van der Waals surface area (Å²) in [5.41, 5.74) is 0.578. The molecule has 0 radical (unpaired) electrons. The molecule has 0 aromatic carbocycles. The van der Waals surface area contributed by atoms with Crippen LogP contribution in [0.15, 0.2) is 12.2 Å². The van der Waals surface area contributed by atoms with Crippen LogP contribution in [0, 0.1) is 16.7 Å². The largest absolute Gasteiger partial charge is 1.00 e. The van der Waals surface area contributed by atoms with Crippen LogP contribution in [0.3, 0.4) is 0 Å². The van der Waals surface area contributed by atoms with Crippen LogP contribution in [0.1, 0.15) is 33.6 Å². The fourth-order valence-electron chi connectivity index (χ4n) is 5.17. The zero-order valence-corrected chi connectivity index (χ0v) is 17.4. The van der Waals surface area contributed by atoms with Crippen molar-refractivity contribution in [1.29, 1.82) is 0 Å². The van der Waals surface area contributed by atoms with Crippen molar-refractivity contribution in [2.45, 2.75) is 45.0 Å². The molecule has 0 saturated heterocycles. The molecule has 2 fully saturated rings. The van der Waals surface area contributed by atoms with E-state index in [2.05, 4.69) is 39.2 Å². The highest BCUT2D eigenvalue weighted by Crippen LogP contribution is 2.67. The van der Waals surface area contributed by atoms with Gasteiger partial charge in [0.25, 0.3) is 5.91 Å². The lowest BCUT2D eigenvalue weighted by atomic mass is 9.70. The van der Waals surface area contributed by atoms with Crippen molar-refractivity contribution in [2.24, 2.45) is 16.7 Å². The van der Waals surface area contributed by atoms with E-state index in [4.69, 9.17) is 4.74 Å². The number of nitrogens with zero attached hydrogens (tertiary/aromatic N) is 1. The van der Waals surface area contributed by atoms with Crippen LogP contribution >= 0.6 is 0 Å². The molecule has 5 atom stereocenters. The topological polar surface area (TPSA) is 29.5 Å². The molecule has 3 nitrogen and oxygen atoms in total. The monoisotopic (exact) mass is 403 g/mol. The summed E-state index contributed by atoms with van der Waals surface area (Å²) in [6.45, 7) is 8.83. The van der Waals surface area contributed by atoms with Gasteiger partial charge in [-0.25, -0.2) is 0 Å². The van der Waals surface area contributed by atoms with Gasteiger partial charge >= 0.3 is 0 Å². The van der Waals surface area contributed by atoms with Crippen LogP contribution in [-0.2, 0) is 20.4 Å². The van der Waals surface area contributed by atoms with E-state index < -0.39 is 0 Å². The number of halogens is 1. The number of hydrogen-bond acceptors (Lipinski definition) is 2. The third-order valence-corrected chi connectivity index (χ3v) is 9.14. The third kappa shape index (κ3) is 2.81. The molecule has 2 saturated carbocycles. The summed E-state index contributed by atoms with van der Waals surface area (Å²) in [6, 6.07) is 0. The van der Waals surface area contributed by atoms with Gasteiger partial charge in [-0.1, -0.05) is 32.9 Å². The number of carbonyl (C=O) groups excluding carboxylic acids is 1. The first-order valence-corrected chi connectivity index (χ1v) is 10.3. The second-order valence-corrected chi connectivity index (χ2v) is 10.2. The molecule has 23 heavy (non-hydrogen) atoms. The van der Waals surface area contributed by atoms with Gasteiger partial charge < -0.3 is 26.6 Å². The van der Waals surface area contributed by atoms with Gasteiger partial charge in [0.1, 0.15) is 11.4 Å². The lowest BCUT2D eigenvalue weighted by Gasteiger charge is -2.38. The van der Waals surface area contributed by atoms with Gasteiger partial charge in [0.2, 0.25) is 0 Å². The summed E-state index contributed by atoms with van der Waals surface area (Å²) >= 11 is 0. The maximum Gasteiger partial charge on any atom is 0.273 e. The Balaban J connectivity index is 0.00000192. The van der Waals surface area contributed by atoms with Gasteiger partial charge in [0, 0.05) is 31.5 Å². The maximum absolute atomic E-state index is 12.5. The van der Waals surface area contributed by atoms with Crippen molar-refractivity contribution in [3.05, 3.63) is 12.2 Å². The molecule has 132 valence electrons. The Bertz CT molecular complexity index is 487. The first kappa shape index (κ1) is 19.3. The van der Waals surface area contributed by atoms with E-state index in [0.717, 1.165) is 13.1 Å². The second kappa shape index (κ2) is 6.72. The van der Waals surface area contributed by atoms with Crippen LogP contribution in [0.4, 0.5) is 0 Å². The molecular formula is C18H30BrNO2S. The van der Waals surface area contributed by atoms with Crippen LogP contribution in [0.25, 0.3) is 0 Å². The molecule has 2 bridgehead atoms. The van der Waals surface area contributed by atoms with Crippen LogP contribution in [0.5, 0.6) is 0 Å². The average Bonchev–Trinajstić information content (AvgIpc) is 3.10. The van der Waals surface area contributed by atoms with E-state index in [-0.39, 0.29) is 33.3 Å². The highest BCUT2D eigenvalue weighted by molar-refractivity contribution is 7.97. The first-order valence-electron chi connectivity index (χ1n) is 8.40. The second-order valence-electron chi connectivity index (χ2n) is 8.01. The van der Waals surface area contributed by atoms with Gasteiger partial charge in [-0.05, 0) is 29.2 Å². The predicted octanol–water partition coefficient (Wildman–Crippen LogP) is -0.523. The van der Waals surface area contributed by atoms with Crippen molar-refractivity contribution in [2.75, 3.05) is 32.2 Å². The van der Waals surface area contributed by atoms with E-state index in [1.54, 1.807) is 0 Å². The number of ether oxygens (including phenoxy) is 1. The number of hydrogen-bond donors (Lipinski definition) is 0. The third-order valence-electron chi connectivity index (χ3n) is 6.94. The summed E-state index contributed by atoms with van der Waals surface area (Å²) in [4.78, 5) is 14.5. The molecule has 1 amide bonds. The van der Waals surface area contributed by atoms with Crippen molar-refractivity contribution >= 4 is 16.8 Å². The summed E-state index contributed by atoms with van der Waals surface area (Å²) < 4.78 is 5.99. The fourth-order valence-corrected chi connectivity index (χ4v) is 7.80. The van der Waals surface area contributed by atoms with Crippen LogP contribution < -0.4 is 17.0 Å². The SMILES string of the molecule is CO[C@@H]1[C@H]([S+](C)CC(=O)N2CC=CC2)[C@H]2CC[C@]1(C)C2(C)C.[Br-]. The van der Waals surface area contributed by atoms with E-state index in [1.165, 1.54) is 12.8 Å². The molecule has 1 heterocycles. The molecule has 5 heteroatoms.